The molecule has 1 aliphatic carbocycles. The highest BCUT2D eigenvalue weighted by Crippen LogP contribution is 2.39. The van der Waals surface area contributed by atoms with Crippen molar-refractivity contribution in [3.05, 3.63) is 34.9 Å². The Morgan fingerprint density at radius 1 is 1.15 bits per heavy atom. The summed E-state index contributed by atoms with van der Waals surface area (Å²) in [5, 5.41) is 3.50. The molecule has 1 saturated carbocycles. The first-order valence-corrected chi connectivity index (χ1v) is 10.3. The molecule has 0 spiro atoms. The predicted molar refractivity (Wildman–Crippen MR) is 104 cm³/mol. The van der Waals surface area contributed by atoms with Gasteiger partial charge in [0.1, 0.15) is 0 Å². The van der Waals surface area contributed by atoms with E-state index in [4.69, 9.17) is 11.6 Å². The number of carbonyl (C=O) groups is 2. The number of fused-ring (bicyclic) bond motifs is 1. The third kappa shape index (κ3) is 4.59. The summed E-state index contributed by atoms with van der Waals surface area (Å²) in [6.45, 7) is 3.76. The Bertz CT molecular complexity index is 631. The van der Waals surface area contributed by atoms with Crippen LogP contribution in [-0.4, -0.2) is 35.8 Å². The minimum Gasteiger partial charge on any atom is -0.352 e. The van der Waals surface area contributed by atoms with Crippen molar-refractivity contribution in [2.24, 2.45) is 11.8 Å². The highest BCUT2D eigenvalue weighted by atomic mass is 35.5. The van der Waals surface area contributed by atoms with Gasteiger partial charge in [0.25, 0.3) is 5.91 Å². The molecule has 26 heavy (non-hydrogen) atoms. The molecule has 142 valence electrons. The maximum absolute atomic E-state index is 12.7. The molecule has 1 N–H and O–H groups in total. The van der Waals surface area contributed by atoms with Crippen LogP contribution in [0.1, 0.15) is 62.2 Å². The minimum atomic E-state index is -0.117. The van der Waals surface area contributed by atoms with Gasteiger partial charge in [0, 0.05) is 36.1 Å². The van der Waals surface area contributed by atoms with Crippen molar-refractivity contribution in [1.29, 1.82) is 0 Å². The zero-order valence-corrected chi connectivity index (χ0v) is 16.3. The summed E-state index contributed by atoms with van der Waals surface area (Å²) in [6.07, 6.45) is 7.31. The average molecular weight is 377 g/mol. The van der Waals surface area contributed by atoms with E-state index in [2.05, 4.69) is 17.1 Å². The van der Waals surface area contributed by atoms with Gasteiger partial charge >= 0.3 is 0 Å². The predicted octanol–water partition coefficient (Wildman–Crippen LogP) is 4.28. The van der Waals surface area contributed by atoms with Crippen LogP contribution >= 0.6 is 11.6 Å². The van der Waals surface area contributed by atoms with Gasteiger partial charge in [0.05, 0.1) is 0 Å². The summed E-state index contributed by atoms with van der Waals surface area (Å²) in [7, 11) is 0. The number of hydrogen-bond acceptors (Lipinski definition) is 2. The molecule has 3 unspecified atom stereocenters. The van der Waals surface area contributed by atoms with Gasteiger partial charge in [0.15, 0.2) is 0 Å². The second-order valence-electron chi connectivity index (χ2n) is 7.74. The van der Waals surface area contributed by atoms with E-state index in [9.17, 15) is 9.59 Å². The van der Waals surface area contributed by atoms with Gasteiger partial charge in [-0.1, -0.05) is 31.4 Å². The molecule has 2 fully saturated rings. The maximum Gasteiger partial charge on any atom is 0.251 e. The Morgan fingerprint density at radius 2 is 1.88 bits per heavy atom. The van der Waals surface area contributed by atoms with Gasteiger partial charge in [-0.2, -0.15) is 0 Å². The number of carbonyl (C=O) groups excluding carboxylic acids is 2. The largest absolute Gasteiger partial charge is 0.352 e. The van der Waals surface area contributed by atoms with Crippen LogP contribution in [0.3, 0.4) is 0 Å². The van der Waals surface area contributed by atoms with Crippen molar-refractivity contribution in [3.8, 4) is 0 Å². The van der Waals surface area contributed by atoms with Crippen LogP contribution in [0.15, 0.2) is 24.3 Å². The van der Waals surface area contributed by atoms with Gasteiger partial charge in [-0.05, 0) is 61.8 Å². The monoisotopic (exact) mass is 376 g/mol. The zero-order chi connectivity index (χ0) is 18.5. The topological polar surface area (TPSA) is 49.4 Å². The second kappa shape index (κ2) is 8.90. The summed E-state index contributed by atoms with van der Waals surface area (Å²) >= 11 is 5.84. The summed E-state index contributed by atoms with van der Waals surface area (Å²) in [5.41, 5.74) is 0.593. The number of hydrogen-bond donors (Lipinski definition) is 1. The van der Waals surface area contributed by atoms with Gasteiger partial charge in [-0.15, -0.1) is 0 Å². The number of benzene rings is 1. The van der Waals surface area contributed by atoms with Crippen LogP contribution < -0.4 is 5.32 Å². The molecule has 0 aromatic heterocycles. The van der Waals surface area contributed by atoms with E-state index in [-0.39, 0.29) is 11.8 Å². The molecule has 2 amide bonds. The van der Waals surface area contributed by atoms with Crippen LogP contribution in [0.2, 0.25) is 5.02 Å². The van der Waals surface area contributed by atoms with Crippen molar-refractivity contribution in [2.75, 3.05) is 13.1 Å². The van der Waals surface area contributed by atoms with Crippen molar-refractivity contribution in [3.63, 3.8) is 0 Å². The first kappa shape index (κ1) is 19.2. The molecule has 3 atom stereocenters. The van der Waals surface area contributed by atoms with Crippen molar-refractivity contribution < 1.29 is 9.59 Å². The molecule has 1 aromatic carbocycles. The van der Waals surface area contributed by atoms with Crippen molar-refractivity contribution in [1.82, 2.24) is 10.2 Å². The van der Waals surface area contributed by atoms with Gasteiger partial charge in [-0.3, -0.25) is 9.59 Å². The third-order valence-corrected chi connectivity index (χ3v) is 6.27. The van der Waals surface area contributed by atoms with Gasteiger partial charge in [-0.25, -0.2) is 0 Å². The SMILES string of the molecule is CC1CCN(C(=O)CCCNC(=O)c2ccc(Cl)cc2)C2CCCCC12. The van der Waals surface area contributed by atoms with E-state index < -0.39 is 0 Å². The fraction of sp³-hybridized carbons (Fsp3) is 0.619. The van der Waals surface area contributed by atoms with Crippen LogP contribution in [0.4, 0.5) is 0 Å². The van der Waals surface area contributed by atoms with Crippen molar-refractivity contribution >= 4 is 23.4 Å². The molecule has 1 aromatic rings. The van der Waals surface area contributed by atoms with E-state index in [0.717, 1.165) is 25.3 Å². The number of likely N-dealkylation sites (tertiary alicyclic amines) is 1. The molecular weight excluding hydrogens is 348 g/mol. The van der Waals surface area contributed by atoms with Crippen LogP contribution in [0.5, 0.6) is 0 Å². The van der Waals surface area contributed by atoms with Crippen LogP contribution in [0.25, 0.3) is 0 Å². The Hall–Kier alpha value is -1.55. The minimum absolute atomic E-state index is 0.117. The van der Waals surface area contributed by atoms with E-state index in [1.54, 1.807) is 24.3 Å². The molecular formula is C21H29ClN2O2. The molecule has 1 aliphatic heterocycles. The van der Waals surface area contributed by atoms with E-state index in [1.807, 2.05) is 0 Å². The lowest BCUT2D eigenvalue weighted by Gasteiger charge is -2.47. The molecule has 4 nitrogen and oxygen atoms in total. The molecule has 1 saturated heterocycles. The van der Waals surface area contributed by atoms with Gasteiger partial charge < -0.3 is 10.2 Å². The fourth-order valence-corrected chi connectivity index (χ4v) is 4.64. The molecule has 5 heteroatoms. The van der Waals surface area contributed by atoms with Gasteiger partial charge in [0.2, 0.25) is 5.91 Å². The third-order valence-electron chi connectivity index (χ3n) is 6.02. The fourth-order valence-electron chi connectivity index (χ4n) is 4.51. The molecule has 2 aliphatic rings. The summed E-state index contributed by atoms with van der Waals surface area (Å²) in [4.78, 5) is 26.9. The highest BCUT2D eigenvalue weighted by Gasteiger charge is 2.38. The van der Waals surface area contributed by atoms with Crippen LogP contribution in [-0.2, 0) is 4.79 Å². The van der Waals surface area contributed by atoms with Crippen LogP contribution in [0, 0.1) is 11.8 Å². The maximum atomic E-state index is 12.7. The molecule has 0 radical (unpaired) electrons. The lowest BCUT2D eigenvalue weighted by atomic mass is 9.72. The lowest BCUT2D eigenvalue weighted by molar-refractivity contribution is -0.139. The first-order valence-electron chi connectivity index (χ1n) is 9.89. The second-order valence-corrected chi connectivity index (χ2v) is 8.17. The smallest absolute Gasteiger partial charge is 0.251 e. The first-order chi connectivity index (χ1) is 12.6. The Balaban J connectivity index is 1.43. The lowest BCUT2D eigenvalue weighted by Crippen LogP contribution is -2.52. The standard InChI is InChI=1S/C21H29ClN2O2/c1-15-12-14-24(19-6-3-2-5-18(15)19)20(25)7-4-13-23-21(26)16-8-10-17(22)11-9-16/h8-11,15,18-19H,2-7,12-14H2,1H3,(H,23,26). The van der Waals surface area contributed by atoms with E-state index in [0.29, 0.717) is 41.9 Å². The summed E-state index contributed by atoms with van der Waals surface area (Å²) in [6, 6.07) is 7.28. The van der Waals surface area contributed by atoms with Crippen molar-refractivity contribution in [2.45, 2.75) is 57.9 Å². The highest BCUT2D eigenvalue weighted by molar-refractivity contribution is 6.30. The number of halogens is 1. The number of rotatable bonds is 5. The average Bonchev–Trinajstić information content (AvgIpc) is 2.66. The van der Waals surface area contributed by atoms with E-state index in [1.165, 1.54) is 19.3 Å². The summed E-state index contributed by atoms with van der Waals surface area (Å²) < 4.78 is 0. The number of nitrogens with one attached hydrogen (secondary N) is 1. The number of piperidine rings is 1. The number of nitrogens with zero attached hydrogens (tertiary/aromatic N) is 1. The molecule has 3 rings (SSSR count). The van der Waals surface area contributed by atoms with E-state index >= 15 is 0 Å². The zero-order valence-electron chi connectivity index (χ0n) is 15.5. The normalized spacial score (nSPS) is 25.5. The summed E-state index contributed by atoms with van der Waals surface area (Å²) in [5.74, 6) is 1.57. The Kier molecular flexibility index (Phi) is 6.58. The molecule has 1 heterocycles. The Morgan fingerprint density at radius 3 is 2.65 bits per heavy atom. The molecule has 0 bridgehead atoms. The Labute approximate surface area is 161 Å². The number of amides is 2. The quantitative estimate of drug-likeness (QED) is 0.780.